The van der Waals surface area contributed by atoms with Crippen molar-refractivity contribution in [3.05, 3.63) is 96.4 Å². The number of benzene rings is 3. The molecule has 1 saturated heterocycles. The van der Waals surface area contributed by atoms with Gasteiger partial charge in [-0.15, -0.1) is 0 Å². The molecule has 1 aliphatic heterocycles. The lowest BCUT2D eigenvalue weighted by molar-refractivity contribution is 0.0924. The molecule has 174 valence electrons. The predicted octanol–water partition coefficient (Wildman–Crippen LogP) is 4.73. The maximum atomic E-state index is 13.1. The van der Waals surface area contributed by atoms with Gasteiger partial charge in [0.15, 0.2) is 0 Å². The molecule has 4 aromatic rings. The van der Waals surface area contributed by atoms with Gasteiger partial charge in [-0.1, -0.05) is 36.4 Å². The van der Waals surface area contributed by atoms with Crippen LogP contribution in [0.15, 0.2) is 89.5 Å². The van der Waals surface area contributed by atoms with Crippen LogP contribution < -0.4 is 15.0 Å². The van der Waals surface area contributed by atoms with Crippen molar-refractivity contribution in [1.29, 1.82) is 0 Å². The van der Waals surface area contributed by atoms with Crippen LogP contribution in [0.3, 0.4) is 0 Å². The first kappa shape index (κ1) is 22.0. The quantitative estimate of drug-likeness (QED) is 0.436. The number of anilines is 1. The molecule has 34 heavy (non-hydrogen) atoms. The van der Waals surface area contributed by atoms with Gasteiger partial charge in [0, 0.05) is 44.0 Å². The largest absolute Gasteiger partial charge is 0.497 e. The summed E-state index contributed by atoms with van der Waals surface area (Å²) >= 11 is 0. The molecule has 2 heterocycles. The highest BCUT2D eigenvalue weighted by Crippen LogP contribution is 2.26. The van der Waals surface area contributed by atoms with E-state index in [0.29, 0.717) is 12.1 Å². The second-order valence-electron chi connectivity index (χ2n) is 8.49. The van der Waals surface area contributed by atoms with Crippen molar-refractivity contribution in [3.63, 3.8) is 0 Å². The SMILES string of the molecule is COc1ccc(N2CCN(C(CNC(=O)c3cccc4ccccc34)c3ccco3)CC2)cc1. The number of hydrogen-bond acceptors (Lipinski definition) is 5. The van der Waals surface area contributed by atoms with Crippen LogP contribution >= 0.6 is 0 Å². The van der Waals surface area contributed by atoms with Crippen LogP contribution in [-0.4, -0.2) is 50.6 Å². The molecular formula is C28H29N3O3. The normalized spacial score (nSPS) is 15.3. The summed E-state index contributed by atoms with van der Waals surface area (Å²) in [6.07, 6.45) is 1.70. The zero-order valence-electron chi connectivity index (χ0n) is 19.3. The molecule has 6 heteroatoms. The average Bonchev–Trinajstić information content (AvgIpc) is 3.43. The third-order valence-electron chi connectivity index (χ3n) is 6.55. The van der Waals surface area contributed by atoms with Crippen molar-refractivity contribution >= 4 is 22.4 Å². The maximum absolute atomic E-state index is 13.1. The molecule has 5 rings (SSSR count). The van der Waals surface area contributed by atoms with Gasteiger partial charge in [-0.05, 0) is 53.2 Å². The Morgan fingerprint density at radius 1 is 0.941 bits per heavy atom. The molecule has 1 fully saturated rings. The second kappa shape index (κ2) is 10.0. The number of carbonyl (C=O) groups excluding carboxylic acids is 1. The van der Waals surface area contributed by atoms with E-state index < -0.39 is 0 Å². The predicted molar refractivity (Wildman–Crippen MR) is 135 cm³/mol. The maximum Gasteiger partial charge on any atom is 0.251 e. The number of rotatable bonds is 7. The number of nitrogens with one attached hydrogen (secondary N) is 1. The minimum Gasteiger partial charge on any atom is -0.497 e. The first-order valence-electron chi connectivity index (χ1n) is 11.7. The van der Waals surface area contributed by atoms with Crippen molar-refractivity contribution in [1.82, 2.24) is 10.2 Å². The van der Waals surface area contributed by atoms with Gasteiger partial charge in [0.25, 0.3) is 5.91 Å². The summed E-state index contributed by atoms with van der Waals surface area (Å²) in [7, 11) is 1.68. The Labute approximate surface area is 199 Å². The fourth-order valence-electron chi connectivity index (χ4n) is 4.68. The van der Waals surface area contributed by atoms with Gasteiger partial charge in [-0.25, -0.2) is 0 Å². The lowest BCUT2D eigenvalue weighted by Gasteiger charge is -2.39. The van der Waals surface area contributed by atoms with E-state index in [4.69, 9.17) is 9.15 Å². The molecule has 3 aromatic carbocycles. The Hall–Kier alpha value is -3.77. The molecule has 1 aromatic heterocycles. The van der Waals surface area contributed by atoms with E-state index in [2.05, 4.69) is 27.2 Å². The molecule has 1 amide bonds. The lowest BCUT2D eigenvalue weighted by Crippen LogP contribution is -2.49. The minimum atomic E-state index is -0.0646. The molecule has 1 N–H and O–H groups in total. The van der Waals surface area contributed by atoms with Crippen molar-refractivity contribution in [2.45, 2.75) is 6.04 Å². The number of methoxy groups -OCH3 is 1. The Kier molecular flexibility index (Phi) is 6.49. The van der Waals surface area contributed by atoms with Crippen LogP contribution in [0.2, 0.25) is 0 Å². The van der Waals surface area contributed by atoms with Crippen LogP contribution in [0.4, 0.5) is 5.69 Å². The van der Waals surface area contributed by atoms with Crippen LogP contribution in [-0.2, 0) is 0 Å². The monoisotopic (exact) mass is 455 g/mol. The molecule has 6 nitrogen and oxygen atoms in total. The van der Waals surface area contributed by atoms with Crippen LogP contribution in [0.5, 0.6) is 5.75 Å². The number of amides is 1. The van der Waals surface area contributed by atoms with Gasteiger partial charge in [-0.3, -0.25) is 9.69 Å². The molecule has 1 aliphatic rings. The average molecular weight is 456 g/mol. The standard InChI is InChI=1S/C28H29N3O3/c1-33-23-13-11-22(12-14-23)30-15-17-31(18-16-30)26(27-10-5-19-34-27)20-29-28(32)25-9-4-7-21-6-2-3-8-24(21)25/h2-14,19,26H,15-18,20H2,1H3,(H,29,32). The summed E-state index contributed by atoms with van der Waals surface area (Å²) in [4.78, 5) is 17.9. The number of hydrogen-bond donors (Lipinski definition) is 1. The summed E-state index contributed by atoms with van der Waals surface area (Å²) in [6, 6.07) is 25.9. The Bertz CT molecular complexity index is 1220. The molecular weight excluding hydrogens is 426 g/mol. The zero-order chi connectivity index (χ0) is 23.3. The van der Waals surface area contributed by atoms with E-state index in [0.717, 1.165) is 48.5 Å². The summed E-state index contributed by atoms with van der Waals surface area (Å²) < 4.78 is 11.1. The first-order valence-corrected chi connectivity index (χ1v) is 11.7. The number of piperazine rings is 1. The van der Waals surface area contributed by atoms with Gasteiger partial charge < -0.3 is 19.4 Å². The Morgan fingerprint density at radius 3 is 2.44 bits per heavy atom. The van der Waals surface area contributed by atoms with Crippen molar-refractivity contribution in [2.24, 2.45) is 0 Å². The number of carbonyl (C=O) groups is 1. The number of ether oxygens (including phenoxy) is 1. The molecule has 1 atom stereocenters. The lowest BCUT2D eigenvalue weighted by atomic mass is 10.0. The number of furan rings is 1. The number of fused-ring (bicyclic) bond motifs is 1. The van der Waals surface area contributed by atoms with Gasteiger partial charge in [0.05, 0.1) is 19.4 Å². The van der Waals surface area contributed by atoms with E-state index in [1.807, 2.05) is 66.7 Å². The topological polar surface area (TPSA) is 58.0 Å². The zero-order valence-corrected chi connectivity index (χ0v) is 19.3. The van der Waals surface area contributed by atoms with Gasteiger partial charge in [-0.2, -0.15) is 0 Å². The molecule has 0 spiro atoms. The second-order valence-corrected chi connectivity index (χ2v) is 8.49. The van der Waals surface area contributed by atoms with Crippen molar-refractivity contribution in [3.8, 4) is 5.75 Å². The highest BCUT2D eigenvalue weighted by Gasteiger charge is 2.27. The van der Waals surface area contributed by atoms with E-state index in [9.17, 15) is 4.79 Å². The van der Waals surface area contributed by atoms with Gasteiger partial charge in [0.1, 0.15) is 11.5 Å². The van der Waals surface area contributed by atoms with E-state index in [1.54, 1.807) is 13.4 Å². The molecule has 0 saturated carbocycles. The smallest absolute Gasteiger partial charge is 0.251 e. The van der Waals surface area contributed by atoms with Gasteiger partial charge in [0.2, 0.25) is 0 Å². The minimum absolute atomic E-state index is 0.0213. The van der Waals surface area contributed by atoms with Crippen LogP contribution in [0.25, 0.3) is 10.8 Å². The fourth-order valence-corrected chi connectivity index (χ4v) is 4.68. The molecule has 1 unspecified atom stereocenters. The Morgan fingerprint density at radius 2 is 1.71 bits per heavy atom. The molecule has 0 radical (unpaired) electrons. The highest BCUT2D eigenvalue weighted by atomic mass is 16.5. The summed E-state index contributed by atoms with van der Waals surface area (Å²) in [5.74, 6) is 1.67. The van der Waals surface area contributed by atoms with Crippen LogP contribution in [0.1, 0.15) is 22.2 Å². The highest BCUT2D eigenvalue weighted by molar-refractivity contribution is 6.07. The number of nitrogens with zero attached hydrogens (tertiary/aromatic N) is 2. The third kappa shape index (κ3) is 4.63. The molecule has 0 aliphatic carbocycles. The van der Waals surface area contributed by atoms with E-state index in [-0.39, 0.29) is 11.9 Å². The Balaban J connectivity index is 1.27. The van der Waals surface area contributed by atoms with Crippen molar-refractivity contribution < 1.29 is 13.9 Å². The molecule has 0 bridgehead atoms. The van der Waals surface area contributed by atoms with Crippen molar-refractivity contribution in [2.75, 3.05) is 44.7 Å². The van der Waals surface area contributed by atoms with Crippen LogP contribution in [0, 0.1) is 0 Å². The third-order valence-corrected chi connectivity index (χ3v) is 6.55. The first-order chi connectivity index (χ1) is 16.7. The van der Waals surface area contributed by atoms with Gasteiger partial charge >= 0.3 is 0 Å². The van der Waals surface area contributed by atoms with E-state index >= 15 is 0 Å². The van der Waals surface area contributed by atoms with E-state index in [1.165, 1.54) is 5.69 Å². The fraction of sp³-hybridized carbons (Fsp3) is 0.250. The summed E-state index contributed by atoms with van der Waals surface area (Å²) in [6.45, 7) is 4.04. The summed E-state index contributed by atoms with van der Waals surface area (Å²) in [5.41, 5.74) is 1.89. The summed E-state index contributed by atoms with van der Waals surface area (Å²) in [5, 5.41) is 5.19.